The summed E-state index contributed by atoms with van der Waals surface area (Å²) in [4.78, 5) is 0. The van der Waals surface area contributed by atoms with Crippen LogP contribution in [0.2, 0.25) is 5.02 Å². The highest BCUT2D eigenvalue weighted by molar-refractivity contribution is 6.31. The van der Waals surface area contributed by atoms with Crippen molar-refractivity contribution in [2.24, 2.45) is 11.1 Å². The molecule has 1 unspecified atom stereocenters. The minimum Gasteiger partial charge on any atom is -0.327 e. The maximum atomic E-state index is 6.19. The van der Waals surface area contributed by atoms with Gasteiger partial charge in [-0.1, -0.05) is 44.5 Å². The minimum absolute atomic E-state index is 0.164. The average Bonchev–Trinajstić information content (AvgIpc) is 2.14. The van der Waals surface area contributed by atoms with E-state index in [1.165, 1.54) is 11.1 Å². The molecule has 90 valence electrons. The lowest BCUT2D eigenvalue weighted by molar-refractivity contribution is 0.306. The van der Waals surface area contributed by atoms with Gasteiger partial charge in [0.25, 0.3) is 0 Å². The number of nitrogens with two attached hydrogens (primary N) is 1. The van der Waals surface area contributed by atoms with Gasteiger partial charge in [-0.15, -0.1) is 0 Å². The van der Waals surface area contributed by atoms with Crippen LogP contribution in [0.1, 0.15) is 38.3 Å². The third-order valence-corrected chi connectivity index (χ3v) is 3.40. The highest BCUT2D eigenvalue weighted by Gasteiger charge is 2.20. The van der Waals surface area contributed by atoms with Crippen LogP contribution in [-0.2, 0) is 6.42 Å². The zero-order valence-corrected chi connectivity index (χ0v) is 11.4. The summed E-state index contributed by atoms with van der Waals surface area (Å²) in [5.74, 6) is 0. The Labute approximate surface area is 104 Å². The van der Waals surface area contributed by atoms with Crippen molar-refractivity contribution >= 4 is 11.6 Å². The van der Waals surface area contributed by atoms with Gasteiger partial charge in [0.15, 0.2) is 0 Å². The van der Waals surface area contributed by atoms with E-state index in [2.05, 4.69) is 39.8 Å². The molecule has 2 N–H and O–H groups in total. The predicted molar refractivity (Wildman–Crippen MR) is 71.9 cm³/mol. The summed E-state index contributed by atoms with van der Waals surface area (Å²) >= 11 is 6.19. The zero-order chi connectivity index (χ0) is 12.3. The van der Waals surface area contributed by atoms with Gasteiger partial charge < -0.3 is 5.73 Å². The molecule has 1 rings (SSSR count). The number of benzene rings is 1. The molecule has 0 amide bonds. The number of rotatable bonds is 3. The Balaban J connectivity index is 2.62. The topological polar surface area (TPSA) is 26.0 Å². The second-order valence-electron chi connectivity index (χ2n) is 5.61. The molecule has 0 bridgehead atoms. The normalized spacial score (nSPS) is 13.9. The first-order valence-electron chi connectivity index (χ1n) is 5.81. The van der Waals surface area contributed by atoms with Crippen LogP contribution >= 0.6 is 11.6 Å². The summed E-state index contributed by atoms with van der Waals surface area (Å²) in [7, 11) is 0. The molecule has 1 atom stereocenters. The van der Waals surface area contributed by atoms with Crippen molar-refractivity contribution in [1.29, 1.82) is 0 Å². The second kappa shape index (κ2) is 5.20. The second-order valence-corrected chi connectivity index (χ2v) is 6.01. The fourth-order valence-corrected chi connectivity index (χ4v) is 1.93. The van der Waals surface area contributed by atoms with Crippen LogP contribution in [-0.4, -0.2) is 6.04 Å². The molecule has 0 radical (unpaired) electrons. The fraction of sp³-hybridized carbons (Fsp3) is 0.571. The first-order valence-corrected chi connectivity index (χ1v) is 6.19. The number of hydrogen-bond donors (Lipinski definition) is 1. The molecule has 1 aromatic carbocycles. The first-order chi connectivity index (χ1) is 7.30. The van der Waals surface area contributed by atoms with Gasteiger partial charge in [-0.05, 0) is 42.4 Å². The van der Waals surface area contributed by atoms with Crippen LogP contribution in [0.25, 0.3) is 0 Å². The molecule has 1 nitrogen and oxygen atoms in total. The Hall–Kier alpha value is -0.530. The van der Waals surface area contributed by atoms with Crippen LogP contribution in [0.4, 0.5) is 0 Å². The van der Waals surface area contributed by atoms with Crippen molar-refractivity contribution in [3.05, 3.63) is 34.3 Å². The predicted octanol–water partition coefficient (Wildman–Crippen LogP) is 3.95. The van der Waals surface area contributed by atoms with E-state index in [-0.39, 0.29) is 11.5 Å². The Morgan fingerprint density at radius 1 is 1.31 bits per heavy atom. The summed E-state index contributed by atoms with van der Waals surface area (Å²) in [5, 5.41) is 0.862. The van der Waals surface area contributed by atoms with Crippen molar-refractivity contribution < 1.29 is 0 Å². The molecular weight excluding hydrogens is 218 g/mol. The van der Waals surface area contributed by atoms with Gasteiger partial charge >= 0.3 is 0 Å². The van der Waals surface area contributed by atoms with Crippen LogP contribution < -0.4 is 5.73 Å². The van der Waals surface area contributed by atoms with E-state index in [1.54, 1.807) is 0 Å². The summed E-state index contributed by atoms with van der Waals surface area (Å²) in [6.07, 6.45) is 1.93. The molecular formula is C14H22ClN. The summed E-state index contributed by atoms with van der Waals surface area (Å²) in [6, 6.07) is 6.43. The van der Waals surface area contributed by atoms with Gasteiger partial charge in [0, 0.05) is 11.1 Å². The maximum Gasteiger partial charge on any atom is 0.0440 e. The highest BCUT2D eigenvalue weighted by Crippen LogP contribution is 2.24. The van der Waals surface area contributed by atoms with Gasteiger partial charge in [0.2, 0.25) is 0 Å². The first kappa shape index (κ1) is 13.5. The van der Waals surface area contributed by atoms with Crippen LogP contribution in [0.5, 0.6) is 0 Å². The SMILES string of the molecule is Cc1ccc(CCC(N)C(C)(C)C)c(Cl)c1. The van der Waals surface area contributed by atoms with Crippen molar-refractivity contribution in [2.45, 2.75) is 46.6 Å². The lowest BCUT2D eigenvalue weighted by Gasteiger charge is -2.27. The third-order valence-electron chi connectivity index (χ3n) is 3.05. The Morgan fingerprint density at radius 3 is 2.44 bits per heavy atom. The molecule has 0 aliphatic heterocycles. The Morgan fingerprint density at radius 2 is 1.94 bits per heavy atom. The summed E-state index contributed by atoms with van der Waals surface area (Å²) in [5.41, 5.74) is 8.70. The molecule has 0 saturated carbocycles. The van der Waals surface area contributed by atoms with Gasteiger partial charge in [-0.25, -0.2) is 0 Å². The number of halogens is 1. The molecule has 2 heteroatoms. The molecule has 0 aromatic heterocycles. The van der Waals surface area contributed by atoms with Crippen LogP contribution in [0.15, 0.2) is 18.2 Å². The van der Waals surface area contributed by atoms with Crippen molar-refractivity contribution in [2.75, 3.05) is 0 Å². The quantitative estimate of drug-likeness (QED) is 0.849. The van der Waals surface area contributed by atoms with Gasteiger partial charge in [0.1, 0.15) is 0 Å². The van der Waals surface area contributed by atoms with E-state index in [1.807, 2.05) is 6.07 Å². The van der Waals surface area contributed by atoms with Crippen LogP contribution in [0.3, 0.4) is 0 Å². The van der Waals surface area contributed by atoms with Crippen LogP contribution in [0, 0.1) is 12.3 Å². The minimum atomic E-state index is 0.164. The van der Waals surface area contributed by atoms with Crippen molar-refractivity contribution in [3.63, 3.8) is 0 Å². The Bertz CT molecular complexity index is 352. The average molecular weight is 240 g/mol. The smallest absolute Gasteiger partial charge is 0.0440 e. The van der Waals surface area contributed by atoms with E-state index < -0.39 is 0 Å². The fourth-order valence-electron chi connectivity index (χ4n) is 1.60. The molecule has 0 heterocycles. The molecule has 0 spiro atoms. The lowest BCUT2D eigenvalue weighted by Crippen LogP contribution is -2.35. The molecule has 16 heavy (non-hydrogen) atoms. The van der Waals surface area contributed by atoms with Crippen molar-refractivity contribution in [3.8, 4) is 0 Å². The van der Waals surface area contributed by atoms with Gasteiger partial charge in [-0.3, -0.25) is 0 Å². The van der Waals surface area contributed by atoms with Gasteiger partial charge in [0.05, 0.1) is 0 Å². The van der Waals surface area contributed by atoms with E-state index >= 15 is 0 Å². The van der Waals surface area contributed by atoms with Gasteiger partial charge in [-0.2, -0.15) is 0 Å². The summed E-state index contributed by atoms with van der Waals surface area (Å²) in [6.45, 7) is 8.58. The molecule has 1 aromatic rings. The molecule has 0 saturated heterocycles. The molecule has 0 aliphatic rings. The zero-order valence-electron chi connectivity index (χ0n) is 10.7. The van der Waals surface area contributed by atoms with E-state index in [0.717, 1.165) is 17.9 Å². The van der Waals surface area contributed by atoms with E-state index in [4.69, 9.17) is 17.3 Å². The maximum absolute atomic E-state index is 6.19. The highest BCUT2D eigenvalue weighted by atomic mass is 35.5. The monoisotopic (exact) mass is 239 g/mol. The molecule has 0 fully saturated rings. The number of aryl methyl sites for hydroxylation is 2. The Kier molecular flexibility index (Phi) is 4.40. The van der Waals surface area contributed by atoms with E-state index in [0.29, 0.717) is 0 Å². The van der Waals surface area contributed by atoms with E-state index in [9.17, 15) is 0 Å². The lowest BCUT2D eigenvalue weighted by atomic mass is 9.84. The summed E-state index contributed by atoms with van der Waals surface area (Å²) < 4.78 is 0. The molecule has 0 aliphatic carbocycles. The standard InChI is InChI=1S/C14H22ClN/c1-10-5-6-11(12(15)9-10)7-8-13(16)14(2,3)4/h5-6,9,13H,7-8,16H2,1-4H3. The number of hydrogen-bond acceptors (Lipinski definition) is 1. The largest absolute Gasteiger partial charge is 0.327 e. The third kappa shape index (κ3) is 3.80. The van der Waals surface area contributed by atoms with Crippen molar-refractivity contribution in [1.82, 2.24) is 0 Å².